The van der Waals surface area contributed by atoms with Gasteiger partial charge >= 0.3 is 0 Å². The summed E-state index contributed by atoms with van der Waals surface area (Å²) in [7, 11) is 0. The Morgan fingerprint density at radius 1 is 1.03 bits per heavy atom. The van der Waals surface area contributed by atoms with Crippen molar-refractivity contribution in [2.45, 2.75) is 45.6 Å². The van der Waals surface area contributed by atoms with Crippen LogP contribution in [0.5, 0.6) is 11.5 Å². The topological polar surface area (TPSA) is 58.9 Å². The van der Waals surface area contributed by atoms with Gasteiger partial charge in [-0.15, -0.1) is 11.6 Å². The SMILES string of the molecule is CC.CC(C)(c1ccc(OCC(O)CO)cc1)c1ccc(OCCCCl)c(F)c1. The van der Waals surface area contributed by atoms with Crippen LogP contribution in [-0.2, 0) is 5.41 Å². The lowest BCUT2D eigenvalue weighted by atomic mass is 9.78. The molecule has 2 aromatic rings. The van der Waals surface area contributed by atoms with E-state index < -0.39 is 17.3 Å². The first-order valence-electron chi connectivity index (χ1n) is 9.89. The molecule has 4 nitrogen and oxygen atoms in total. The third-order valence-electron chi connectivity index (χ3n) is 4.42. The summed E-state index contributed by atoms with van der Waals surface area (Å²) in [6.07, 6.45) is -0.243. The van der Waals surface area contributed by atoms with Crippen molar-refractivity contribution in [1.82, 2.24) is 0 Å². The predicted octanol–water partition coefficient (Wildman–Crippen LogP) is 4.92. The van der Waals surface area contributed by atoms with E-state index in [9.17, 15) is 9.50 Å². The lowest BCUT2D eigenvalue weighted by molar-refractivity contribution is 0.0536. The lowest BCUT2D eigenvalue weighted by Crippen LogP contribution is -2.21. The summed E-state index contributed by atoms with van der Waals surface area (Å²) in [5, 5.41) is 18.2. The van der Waals surface area contributed by atoms with Gasteiger partial charge in [0.25, 0.3) is 0 Å². The Morgan fingerprint density at radius 2 is 1.66 bits per heavy atom. The van der Waals surface area contributed by atoms with Gasteiger partial charge in [-0.3, -0.25) is 0 Å². The molecule has 0 spiro atoms. The molecule has 2 rings (SSSR count). The number of rotatable bonds is 10. The molecule has 29 heavy (non-hydrogen) atoms. The van der Waals surface area contributed by atoms with Crippen LogP contribution in [0.3, 0.4) is 0 Å². The summed E-state index contributed by atoms with van der Waals surface area (Å²) in [4.78, 5) is 0. The summed E-state index contributed by atoms with van der Waals surface area (Å²) < 4.78 is 25.2. The predicted molar refractivity (Wildman–Crippen MR) is 116 cm³/mol. The van der Waals surface area contributed by atoms with Gasteiger partial charge in [0.2, 0.25) is 0 Å². The molecule has 1 atom stereocenters. The third-order valence-corrected chi connectivity index (χ3v) is 4.69. The molecule has 0 saturated heterocycles. The van der Waals surface area contributed by atoms with Crippen molar-refractivity contribution in [3.8, 4) is 11.5 Å². The van der Waals surface area contributed by atoms with E-state index >= 15 is 0 Å². The second-order valence-electron chi connectivity index (χ2n) is 6.83. The fourth-order valence-corrected chi connectivity index (χ4v) is 2.73. The second-order valence-corrected chi connectivity index (χ2v) is 7.21. The highest BCUT2D eigenvalue weighted by molar-refractivity contribution is 6.17. The van der Waals surface area contributed by atoms with Crippen LogP contribution in [0.1, 0.15) is 45.2 Å². The van der Waals surface area contributed by atoms with E-state index in [1.165, 1.54) is 6.07 Å². The summed E-state index contributed by atoms with van der Waals surface area (Å²) in [5.74, 6) is 0.904. The van der Waals surface area contributed by atoms with Crippen molar-refractivity contribution in [2.24, 2.45) is 0 Å². The van der Waals surface area contributed by atoms with Gasteiger partial charge in [-0.25, -0.2) is 4.39 Å². The second kappa shape index (κ2) is 12.7. The van der Waals surface area contributed by atoms with Crippen LogP contribution in [0.4, 0.5) is 4.39 Å². The van der Waals surface area contributed by atoms with Gasteiger partial charge in [0.1, 0.15) is 18.5 Å². The minimum Gasteiger partial charge on any atom is -0.491 e. The average molecular weight is 427 g/mol. The van der Waals surface area contributed by atoms with E-state index in [0.717, 1.165) is 11.1 Å². The van der Waals surface area contributed by atoms with Crippen molar-refractivity contribution >= 4 is 11.6 Å². The van der Waals surface area contributed by atoms with Crippen molar-refractivity contribution in [1.29, 1.82) is 0 Å². The zero-order chi connectivity index (χ0) is 21.9. The number of hydrogen-bond acceptors (Lipinski definition) is 4. The Labute approximate surface area is 178 Å². The number of ether oxygens (including phenoxy) is 2. The van der Waals surface area contributed by atoms with Gasteiger partial charge in [-0.2, -0.15) is 0 Å². The van der Waals surface area contributed by atoms with Crippen molar-refractivity contribution in [3.63, 3.8) is 0 Å². The van der Waals surface area contributed by atoms with Crippen molar-refractivity contribution in [2.75, 3.05) is 25.7 Å². The molecule has 0 fully saturated rings. The molecule has 6 heteroatoms. The number of aliphatic hydroxyl groups is 2. The normalized spacial score (nSPS) is 12.0. The van der Waals surface area contributed by atoms with Gasteiger partial charge < -0.3 is 19.7 Å². The highest BCUT2D eigenvalue weighted by atomic mass is 35.5. The lowest BCUT2D eigenvalue weighted by Gasteiger charge is -2.27. The number of halogens is 2. The van der Waals surface area contributed by atoms with Gasteiger partial charge in [-0.1, -0.05) is 45.9 Å². The molecule has 0 radical (unpaired) electrons. The number of benzene rings is 2. The molecule has 0 amide bonds. The molecular weight excluding hydrogens is 395 g/mol. The van der Waals surface area contributed by atoms with E-state index in [-0.39, 0.29) is 19.0 Å². The van der Waals surface area contributed by atoms with Crippen LogP contribution >= 0.6 is 11.6 Å². The first kappa shape index (κ1) is 25.2. The van der Waals surface area contributed by atoms with Crippen LogP contribution in [0, 0.1) is 5.82 Å². The van der Waals surface area contributed by atoms with Crippen molar-refractivity contribution in [3.05, 3.63) is 59.4 Å². The maximum Gasteiger partial charge on any atom is 0.165 e. The smallest absolute Gasteiger partial charge is 0.165 e. The molecular formula is C23H32ClFO4. The summed E-state index contributed by atoms with van der Waals surface area (Å²) in [6.45, 7) is 8.09. The van der Waals surface area contributed by atoms with Crippen LogP contribution in [0.25, 0.3) is 0 Å². The van der Waals surface area contributed by atoms with E-state index in [2.05, 4.69) is 0 Å². The molecule has 0 aliphatic heterocycles. The molecule has 2 aromatic carbocycles. The summed E-state index contributed by atoms with van der Waals surface area (Å²) >= 11 is 5.61. The van der Waals surface area contributed by atoms with Gasteiger partial charge in [-0.05, 0) is 41.8 Å². The van der Waals surface area contributed by atoms with Crippen LogP contribution in [-0.4, -0.2) is 42.0 Å². The van der Waals surface area contributed by atoms with Crippen molar-refractivity contribution < 1.29 is 24.1 Å². The fourth-order valence-electron chi connectivity index (χ4n) is 2.62. The maximum atomic E-state index is 14.4. The average Bonchev–Trinajstić information content (AvgIpc) is 2.74. The van der Waals surface area contributed by atoms with E-state index in [1.54, 1.807) is 18.2 Å². The molecule has 0 aliphatic rings. The van der Waals surface area contributed by atoms with Gasteiger partial charge in [0.15, 0.2) is 11.6 Å². The first-order valence-corrected chi connectivity index (χ1v) is 10.4. The summed E-state index contributed by atoms with van der Waals surface area (Å²) in [6, 6.07) is 12.4. The molecule has 0 aliphatic carbocycles. The highest BCUT2D eigenvalue weighted by Crippen LogP contribution is 2.34. The zero-order valence-electron chi connectivity index (χ0n) is 17.6. The molecule has 2 N–H and O–H groups in total. The molecule has 1 unspecified atom stereocenters. The van der Waals surface area contributed by atoms with Crippen LogP contribution in [0.2, 0.25) is 0 Å². The summed E-state index contributed by atoms with van der Waals surface area (Å²) in [5.41, 5.74) is 1.40. The van der Waals surface area contributed by atoms with Gasteiger partial charge in [0, 0.05) is 11.3 Å². The Morgan fingerprint density at radius 3 is 2.21 bits per heavy atom. The van der Waals surface area contributed by atoms with E-state index in [0.29, 0.717) is 24.7 Å². The standard InChI is InChI=1S/C21H26ClFO4.C2H6/c1-21(2,15-4-7-18(8-5-15)27-14-17(25)13-24)16-6-9-20(19(23)12-16)26-11-3-10-22;1-2/h4-9,12,17,24-25H,3,10-11,13-14H2,1-2H3;1-2H3. The molecule has 0 saturated carbocycles. The van der Waals surface area contributed by atoms with E-state index in [4.69, 9.17) is 26.2 Å². The Hall–Kier alpha value is -1.82. The first-order chi connectivity index (χ1) is 13.9. The number of hydrogen-bond donors (Lipinski definition) is 2. The number of aliphatic hydroxyl groups excluding tert-OH is 2. The Bertz CT molecular complexity index is 719. The Balaban J connectivity index is 0.00000204. The third kappa shape index (κ3) is 7.50. The molecule has 0 aromatic heterocycles. The van der Waals surface area contributed by atoms with Crippen LogP contribution in [0.15, 0.2) is 42.5 Å². The fraction of sp³-hybridized carbons (Fsp3) is 0.478. The van der Waals surface area contributed by atoms with Gasteiger partial charge in [0.05, 0.1) is 13.2 Å². The Kier molecular flexibility index (Phi) is 11.0. The minimum atomic E-state index is -0.908. The molecule has 0 bridgehead atoms. The minimum absolute atomic E-state index is 0.0234. The molecule has 162 valence electrons. The van der Waals surface area contributed by atoms with E-state index in [1.807, 2.05) is 45.9 Å². The van der Waals surface area contributed by atoms with Crippen LogP contribution < -0.4 is 9.47 Å². The number of alkyl halides is 1. The maximum absolute atomic E-state index is 14.4. The molecule has 0 heterocycles. The highest BCUT2D eigenvalue weighted by Gasteiger charge is 2.24. The monoisotopic (exact) mass is 426 g/mol. The largest absolute Gasteiger partial charge is 0.491 e. The zero-order valence-corrected chi connectivity index (χ0v) is 18.4. The quantitative estimate of drug-likeness (QED) is 0.418.